The molecule has 0 spiro atoms. The van der Waals surface area contributed by atoms with E-state index in [0.29, 0.717) is 11.7 Å². The first-order valence-corrected chi connectivity index (χ1v) is 10.7. The molecular weight excluding hydrogens is 317 g/mol. The third-order valence-corrected chi connectivity index (χ3v) is 7.63. The van der Waals surface area contributed by atoms with Gasteiger partial charge in [0.15, 0.2) is 6.61 Å². The maximum atomic E-state index is 12.1. The molecule has 0 aliphatic carbocycles. The largest absolute Gasteiger partial charge is 0.484 e. The Morgan fingerprint density at radius 2 is 1.74 bits per heavy atom. The number of ether oxygens (including phenoxy) is 1. The Morgan fingerprint density at radius 1 is 1.09 bits per heavy atom. The number of unbranched alkanes of at least 4 members (excludes halogenated alkanes) is 2. The van der Waals surface area contributed by atoms with Gasteiger partial charge in [0.25, 0.3) is 0 Å². The normalized spacial score (nSPS) is 17.4. The lowest BCUT2D eigenvalue weighted by molar-refractivity contribution is -0.153. The molecule has 1 saturated heterocycles. The summed E-state index contributed by atoms with van der Waals surface area (Å²) in [6.45, 7) is 1.02. The molecule has 23 heavy (non-hydrogen) atoms. The smallest absolute Gasteiger partial charge is 0.422 e. The lowest BCUT2D eigenvalue weighted by atomic mass is 9.93. The summed E-state index contributed by atoms with van der Waals surface area (Å²) in [7, 11) is -0.142. The minimum atomic E-state index is -4.28. The summed E-state index contributed by atoms with van der Waals surface area (Å²) in [6, 6.07) is 11.4. The third-order valence-electron chi connectivity index (χ3n) is 4.58. The predicted molar refractivity (Wildman–Crippen MR) is 89.7 cm³/mol. The van der Waals surface area contributed by atoms with E-state index in [1.165, 1.54) is 55.8 Å². The van der Waals surface area contributed by atoms with Gasteiger partial charge in [0, 0.05) is 8.80 Å². The van der Waals surface area contributed by atoms with E-state index in [-0.39, 0.29) is 8.80 Å². The summed E-state index contributed by atoms with van der Waals surface area (Å²) >= 11 is 0. The van der Waals surface area contributed by atoms with Crippen molar-refractivity contribution >= 4 is 8.80 Å². The van der Waals surface area contributed by atoms with E-state index >= 15 is 0 Å². The van der Waals surface area contributed by atoms with Crippen molar-refractivity contribution in [3.63, 3.8) is 0 Å². The number of alkyl halides is 3. The van der Waals surface area contributed by atoms with Crippen LogP contribution in [-0.2, 0) is 0 Å². The average Bonchev–Trinajstić information content (AvgIpc) is 2.54. The molecule has 2 rings (SSSR count). The molecule has 0 bridgehead atoms. The molecule has 0 unspecified atom stereocenters. The SMILES string of the molecule is CCCCC[Si]1CCC(c2ccc(OCC(F)(F)F)cc2)CC1. The fourth-order valence-corrected chi connectivity index (χ4v) is 6.25. The van der Waals surface area contributed by atoms with Crippen LogP contribution in [0.15, 0.2) is 24.3 Å². The first-order valence-electron chi connectivity index (χ1n) is 8.61. The van der Waals surface area contributed by atoms with Crippen molar-refractivity contribution in [2.75, 3.05) is 6.61 Å². The van der Waals surface area contributed by atoms with Crippen LogP contribution in [0.1, 0.15) is 50.5 Å². The number of rotatable bonds is 7. The molecule has 1 nitrogen and oxygen atoms in total. The van der Waals surface area contributed by atoms with E-state index in [1.807, 2.05) is 12.1 Å². The Morgan fingerprint density at radius 3 is 2.30 bits per heavy atom. The Bertz CT molecular complexity index is 450. The fraction of sp³-hybridized carbons (Fsp3) is 0.667. The van der Waals surface area contributed by atoms with Crippen LogP contribution in [0.4, 0.5) is 13.2 Å². The second-order valence-corrected chi connectivity index (χ2v) is 9.45. The highest BCUT2D eigenvalue weighted by molar-refractivity contribution is 6.59. The molecule has 0 N–H and O–H groups in total. The van der Waals surface area contributed by atoms with E-state index in [9.17, 15) is 13.2 Å². The van der Waals surface area contributed by atoms with Gasteiger partial charge in [0.2, 0.25) is 0 Å². The molecule has 1 heterocycles. The number of hydrogen-bond donors (Lipinski definition) is 0. The molecule has 5 heteroatoms. The monoisotopic (exact) mass is 343 g/mol. The summed E-state index contributed by atoms with van der Waals surface area (Å²) < 4.78 is 41.2. The van der Waals surface area contributed by atoms with Crippen LogP contribution in [-0.4, -0.2) is 21.6 Å². The highest BCUT2D eigenvalue weighted by Crippen LogP contribution is 2.35. The summed E-state index contributed by atoms with van der Waals surface area (Å²) in [6.07, 6.45) is 2.24. The van der Waals surface area contributed by atoms with Crippen LogP contribution in [0, 0.1) is 0 Å². The van der Waals surface area contributed by atoms with Gasteiger partial charge >= 0.3 is 6.18 Å². The number of benzene rings is 1. The van der Waals surface area contributed by atoms with Crippen molar-refractivity contribution in [1.82, 2.24) is 0 Å². The molecular formula is C18H26F3OSi. The Balaban J connectivity index is 1.77. The molecule has 1 radical (unpaired) electrons. The third kappa shape index (κ3) is 6.57. The van der Waals surface area contributed by atoms with Gasteiger partial charge in [0.1, 0.15) is 5.75 Å². The standard InChI is InChI=1S/C18H26F3OSi/c1-2-3-4-11-23-12-9-16(10-13-23)15-5-7-17(8-6-15)22-14-18(19,20)21/h5-8,16H,2-4,9-14H2,1H3. The Kier molecular flexibility index (Phi) is 7.00. The van der Waals surface area contributed by atoms with Gasteiger partial charge < -0.3 is 4.74 Å². The second-order valence-electron chi connectivity index (χ2n) is 6.45. The zero-order valence-corrected chi connectivity index (χ0v) is 14.8. The maximum absolute atomic E-state index is 12.1. The van der Waals surface area contributed by atoms with Gasteiger partial charge in [0.05, 0.1) is 0 Å². The van der Waals surface area contributed by atoms with Crippen molar-refractivity contribution in [1.29, 1.82) is 0 Å². The van der Waals surface area contributed by atoms with Crippen molar-refractivity contribution in [3.05, 3.63) is 29.8 Å². The minimum Gasteiger partial charge on any atom is -0.484 e. The zero-order valence-electron chi connectivity index (χ0n) is 13.8. The average molecular weight is 343 g/mol. The van der Waals surface area contributed by atoms with Crippen LogP contribution < -0.4 is 4.74 Å². The van der Waals surface area contributed by atoms with Gasteiger partial charge in [-0.05, 0) is 36.5 Å². The Hall–Kier alpha value is -0.973. The van der Waals surface area contributed by atoms with Crippen molar-refractivity contribution in [2.45, 2.75) is 69.3 Å². The highest BCUT2D eigenvalue weighted by atomic mass is 28.3. The fourth-order valence-electron chi connectivity index (χ4n) is 3.24. The lowest BCUT2D eigenvalue weighted by Crippen LogP contribution is -2.20. The van der Waals surface area contributed by atoms with Crippen molar-refractivity contribution < 1.29 is 17.9 Å². The molecule has 0 amide bonds. The first kappa shape index (κ1) is 18.4. The van der Waals surface area contributed by atoms with Crippen LogP contribution in [0.25, 0.3) is 0 Å². The van der Waals surface area contributed by atoms with Gasteiger partial charge in [-0.25, -0.2) is 0 Å². The van der Waals surface area contributed by atoms with Crippen LogP contribution in [0.5, 0.6) is 5.75 Å². The lowest BCUT2D eigenvalue weighted by Gasteiger charge is -2.28. The highest BCUT2D eigenvalue weighted by Gasteiger charge is 2.28. The van der Waals surface area contributed by atoms with Gasteiger partial charge in [-0.1, -0.05) is 56.5 Å². The zero-order chi connectivity index (χ0) is 16.7. The summed E-state index contributed by atoms with van der Waals surface area (Å²) in [5.41, 5.74) is 1.25. The molecule has 129 valence electrons. The van der Waals surface area contributed by atoms with Gasteiger partial charge in [-0.2, -0.15) is 13.2 Å². The number of halogens is 3. The minimum absolute atomic E-state index is 0.142. The van der Waals surface area contributed by atoms with E-state index < -0.39 is 12.8 Å². The Labute approximate surface area is 138 Å². The predicted octanol–water partition coefficient (Wildman–Crippen LogP) is 6.19. The first-order chi connectivity index (χ1) is 11.0. The van der Waals surface area contributed by atoms with Crippen LogP contribution in [0.2, 0.25) is 18.1 Å². The van der Waals surface area contributed by atoms with Crippen molar-refractivity contribution in [3.8, 4) is 5.75 Å². The summed E-state index contributed by atoms with van der Waals surface area (Å²) in [5.74, 6) is 0.873. The maximum Gasteiger partial charge on any atom is 0.422 e. The quantitative estimate of drug-likeness (QED) is 0.424. The van der Waals surface area contributed by atoms with E-state index in [4.69, 9.17) is 4.74 Å². The summed E-state index contributed by atoms with van der Waals surface area (Å²) in [4.78, 5) is 0. The van der Waals surface area contributed by atoms with Gasteiger partial charge in [-0.3, -0.25) is 0 Å². The summed E-state index contributed by atoms with van der Waals surface area (Å²) in [5, 5.41) is 0. The molecule has 1 aromatic carbocycles. The molecule has 0 atom stereocenters. The number of hydrogen-bond acceptors (Lipinski definition) is 1. The van der Waals surface area contributed by atoms with Crippen LogP contribution in [0.3, 0.4) is 0 Å². The van der Waals surface area contributed by atoms with E-state index in [1.54, 1.807) is 12.1 Å². The molecule has 1 aromatic rings. The molecule has 0 aromatic heterocycles. The van der Waals surface area contributed by atoms with Crippen molar-refractivity contribution in [2.24, 2.45) is 0 Å². The van der Waals surface area contributed by atoms with Gasteiger partial charge in [-0.15, -0.1) is 0 Å². The molecule has 1 aliphatic heterocycles. The van der Waals surface area contributed by atoms with E-state index in [2.05, 4.69) is 6.92 Å². The topological polar surface area (TPSA) is 9.23 Å². The second kappa shape index (κ2) is 8.76. The molecule has 1 aliphatic rings. The molecule has 1 fully saturated rings. The molecule has 0 saturated carbocycles. The van der Waals surface area contributed by atoms with Crippen LogP contribution >= 0.6 is 0 Å². The van der Waals surface area contributed by atoms with E-state index in [0.717, 1.165) is 0 Å².